The fourth-order valence-electron chi connectivity index (χ4n) is 3.53. The van der Waals surface area contributed by atoms with Crippen molar-refractivity contribution in [1.29, 1.82) is 0 Å². The molecule has 0 heterocycles. The first-order chi connectivity index (χ1) is 11.0. The lowest BCUT2D eigenvalue weighted by atomic mass is 9.78. The van der Waals surface area contributed by atoms with E-state index in [2.05, 4.69) is 45.1 Å². The van der Waals surface area contributed by atoms with Gasteiger partial charge in [0.25, 0.3) is 0 Å². The Hall–Kier alpha value is -1.35. The fourth-order valence-corrected chi connectivity index (χ4v) is 3.53. The maximum absolute atomic E-state index is 12.7. The van der Waals surface area contributed by atoms with Crippen LogP contribution in [0.1, 0.15) is 52.5 Å². The molecule has 0 radical (unpaired) electrons. The van der Waals surface area contributed by atoms with E-state index >= 15 is 0 Å². The molecular weight excluding hydrogens is 284 g/mol. The van der Waals surface area contributed by atoms with Gasteiger partial charge >= 0.3 is 0 Å². The van der Waals surface area contributed by atoms with E-state index in [4.69, 9.17) is 0 Å². The minimum Gasteiger partial charge on any atom is -0.335 e. The van der Waals surface area contributed by atoms with Crippen LogP contribution in [0.25, 0.3) is 0 Å². The Bertz CT molecular complexity index is 486. The third-order valence-electron chi connectivity index (χ3n) is 5.36. The highest BCUT2D eigenvalue weighted by molar-refractivity contribution is 5.78. The molecule has 0 unspecified atom stereocenters. The minimum atomic E-state index is 0.203. The quantitative estimate of drug-likeness (QED) is 0.865. The van der Waals surface area contributed by atoms with Gasteiger partial charge in [0, 0.05) is 18.6 Å². The van der Waals surface area contributed by atoms with Crippen molar-refractivity contribution >= 4 is 5.91 Å². The average molecular weight is 316 g/mol. The van der Waals surface area contributed by atoms with Crippen molar-refractivity contribution in [3.63, 3.8) is 0 Å². The van der Waals surface area contributed by atoms with Gasteiger partial charge in [-0.1, -0.05) is 57.0 Å². The maximum Gasteiger partial charge on any atom is 0.237 e. The van der Waals surface area contributed by atoms with Crippen LogP contribution in [0.4, 0.5) is 0 Å². The minimum absolute atomic E-state index is 0.203. The van der Waals surface area contributed by atoms with E-state index in [1.165, 1.54) is 24.8 Å². The summed E-state index contributed by atoms with van der Waals surface area (Å²) in [5, 5.41) is 3.53. The summed E-state index contributed by atoms with van der Waals surface area (Å²) in [6.07, 6.45) is 3.79. The molecule has 0 aliphatic heterocycles. The van der Waals surface area contributed by atoms with Crippen molar-refractivity contribution < 1.29 is 4.79 Å². The molecule has 0 spiro atoms. The number of carbonyl (C=O) groups is 1. The van der Waals surface area contributed by atoms with Crippen LogP contribution in [0.15, 0.2) is 30.3 Å². The number of benzene rings is 1. The lowest BCUT2D eigenvalue weighted by Crippen LogP contribution is -2.47. The molecule has 3 atom stereocenters. The Kier molecular flexibility index (Phi) is 6.64. The monoisotopic (exact) mass is 316 g/mol. The summed E-state index contributed by atoms with van der Waals surface area (Å²) in [4.78, 5) is 14.7. The predicted octanol–water partition coefficient (Wildman–Crippen LogP) is 3.84. The van der Waals surface area contributed by atoms with Crippen LogP contribution in [0, 0.1) is 11.8 Å². The van der Waals surface area contributed by atoms with Gasteiger partial charge in [-0.2, -0.15) is 0 Å². The van der Waals surface area contributed by atoms with E-state index in [9.17, 15) is 4.79 Å². The third-order valence-corrected chi connectivity index (χ3v) is 5.36. The number of nitrogens with zero attached hydrogens (tertiary/aromatic N) is 1. The van der Waals surface area contributed by atoms with Crippen molar-refractivity contribution in [3.05, 3.63) is 35.9 Å². The summed E-state index contributed by atoms with van der Waals surface area (Å²) in [7, 11) is 0. The highest BCUT2D eigenvalue weighted by Crippen LogP contribution is 2.29. The smallest absolute Gasteiger partial charge is 0.237 e. The molecule has 0 aromatic heterocycles. The van der Waals surface area contributed by atoms with Crippen molar-refractivity contribution in [2.75, 3.05) is 6.54 Å². The van der Waals surface area contributed by atoms with E-state index in [0.717, 1.165) is 5.92 Å². The standard InChI is InChI=1S/C20H32N2O/c1-15(2)22(14-18-10-6-5-7-11-18)20(23)13-21-19-12-8-9-16(3)17(19)4/h5-7,10-11,15-17,19,21H,8-9,12-14H2,1-4H3/t16-,17+,19+/m0/s1. The first-order valence-electron chi connectivity index (χ1n) is 9.05. The average Bonchev–Trinajstić information content (AvgIpc) is 2.54. The lowest BCUT2D eigenvalue weighted by Gasteiger charge is -2.35. The molecular formula is C20H32N2O. The first-order valence-corrected chi connectivity index (χ1v) is 9.05. The second-order valence-electron chi connectivity index (χ2n) is 7.36. The highest BCUT2D eigenvalue weighted by Gasteiger charge is 2.27. The molecule has 3 heteroatoms. The summed E-state index contributed by atoms with van der Waals surface area (Å²) < 4.78 is 0. The zero-order chi connectivity index (χ0) is 16.8. The fraction of sp³-hybridized carbons (Fsp3) is 0.650. The van der Waals surface area contributed by atoms with Gasteiger partial charge in [-0.05, 0) is 37.7 Å². The van der Waals surface area contributed by atoms with Gasteiger partial charge in [0.05, 0.1) is 6.54 Å². The molecule has 128 valence electrons. The van der Waals surface area contributed by atoms with Crippen molar-refractivity contribution in [3.8, 4) is 0 Å². The number of amides is 1. The zero-order valence-electron chi connectivity index (χ0n) is 15.1. The van der Waals surface area contributed by atoms with Gasteiger partial charge in [0.15, 0.2) is 0 Å². The number of rotatable bonds is 6. The molecule has 1 aromatic carbocycles. The van der Waals surface area contributed by atoms with E-state index in [1.54, 1.807) is 0 Å². The van der Waals surface area contributed by atoms with Gasteiger partial charge in [-0.25, -0.2) is 0 Å². The molecule has 1 aliphatic carbocycles. The van der Waals surface area contributed by atoms with Gasteiger partial charge in [0.1, 0.15) is 0 Å². The van der Waals surface area contributed by atoms with Crippen molar-refractivity contribution in [2.45, 2.75) is 65.6 Å². The van der Waals surface area contributed by atoms with Gasteiger partial charge in [-0.15, -0.1) is 0 Å². The van der Waals surface area contributed by atoms with Gasteiger partial charge in [0.2, 0.25) is 5.91 Å². The number of carbonyl (C=O) groups excluding carboxylic acids is 1. The first kappa shape index (κ1) is 18.0. The Labute approximate surface area is 141 Å². The lowest BCUT2D eigenvalue weighted by molar-refractivity contribution is -0.132. The van der Waals surface area contributed by atoms with Crippen LogP contribution in [0.2, 0.25) is 0 Å². The molecule has 1 amide bonds. The summed E-state index contributed by atoms with van der Waals surface area (Å²) in [5.41, 5.74) is 1.19. The van der Waals surface area contributed by atoms with Gasteiger partial charge < -0.3 is 10.2 Å². The topological polar surface area (TPSA) is 32.3 Å². The van der Waals surface area contributed by atoms with E-state index < -0.39 is 0 Å². The van der Waals surface area contributed by atoms with Crippen LogP contribution in [-0.4, -0.2) is 29.4 Å². The molecule has 1 aliphatic rings. The zero-order valence-corrected chi connectivity index (χ0v) is 15.1. The molecule has 0 saturated heterocycles. The Morgan fingerprint density at radius 2 is 1.91 bits per heavy atom. The SMILES string of the molecule is CC(C)N(Cc1ccccc1)C(=O)CN[C@@H]1CCC[C@H](C)[C@H]1C. The molecule has 1 aromatic rings. The predicted molar refractivity (Wildman–Crippen MR) is 96.1 cm³/mol. The van der Waals surface area contributed by atoms with Crippen LogP contribution in [-0.2, 0) is 11.3 Å². The number of nitrogens with one attached hydrogen (secondary N) is 1. The highest BCUT2D eigenvalue weighted by atomic mass is 16.2. The van der Waals surface area contributed by atoms with Gasteiger partial charge in [-0.3, -0.25) is 4.79 Å². The summed E-state index contributed by atoms with van der Waals surface area (Å²) in [6, 6.07) is 10.9. The molecule has 1 fully saturated rings. The molecule has 1 N–H and O–H groups in total. The Morgan fingerprint density at radius 3 is 2.57 bits per heavy atom. The van der Waals surface area contributed by atoms with Crippen LogP contribution < -0.4 is 5.32 Å². The summed E-state index contributed by atoms with van der Waals surface area (Å²) >= 11 is 0. The number of hydrogen-bond donors (Lipinski definition) is 1. The largest absolute Gasteiger partial charge is 0.335 e. The van der Waals surface area contributed by atoms with Crippen LogP contribution in [0.3, 0.4) is 0 Å². The normalized spacial score (nSPS) is 24.7. The van der Waals surface area contributed by atoms with Crippen LogP contribution >= 0.6 is 0 Å². The van der Waals surface area contributed by atoms with Crippen molar-refractivity contribution in [2.24, 2.45) is 11.8 Å². The van der Waals surface area contributed by atoms with E-state index in [0.29, 0.717) is 25.0 Å². The van der Waals surface area contributed by atoms with E-state index in [1.807, 2.05) is 23.1 Å². The third kappa shape index (κ3) is 5.07. The maximum atomic E-state index is 12.7. The molecule has 2 rings (SSSR count). The van der Waals surface area contributed by atoms with Crippen LogP contribution in [0.5, 0.6) is 0 Å². The second kappa shape index (κ2) is 8.49. The van der Waals surface area contributed by atoms with Crippen molar-refractivity contribution in [1.82, 2.24) is 10.2 Å². The number of hydrogen-bond acceptors (Lipinski definition) is 2. The molecule has 23 heavy (non-hydrogen) atoms. The summed E-state index contributed by atoms with van der Waals surface area (Å²) in [5.74, 6) is 1.61. The summed E-state index contributed by atoms with van der Waals surface area (Å²) in [6.45, 7) is 9.97. The molecule has 1 saturated carbocycles. The Morgan fingerprint density at radius 1 is 1.22 bits per heavy atom. The molecule has 0 bridgehead atoms. The Balaban J connectivity index is 1.91. The van der Waals surface area contributed by atoms with E-state index in [-0.39, 0.29) is 11.9 Å². The second-order valence-corrected chi connectivity index (χ2v) is 7.36. The molecule has 3 nitrogen and oxygen atoms in total.